The van der Waals surface area contributed by atoms with Gasteiger partial charge < -0.3 is 0 Å². The van der Waals surface area contributed by atoms with Gasteiger partial charge in [-0.25, -0.2) is 0 Å². The molecule has 0 atom stereocenters. The molecular weight excluding hydrogens is 351 g/mol. The Labute approximate surface area is 101 Å². The number of carbonyl (C=O) groups is 1. The summed E-state index contributed by atoms with van der Waals surface area (Å²) >= 11 is -3.26. The monoisotopic (exact) mass is 364 g/mol. The average molecular weight is 363 g/mol. The molecule has 1 aromatic carbocycles. The van der Waals surface area contributed by atoms with E-state index in [1.54, 1.807) is 6.92 Å². The van der Waals surface area contributed by atoms with Crippen LogP contribution in [-0.4, -0.2) is 28.5 Å². The average Bonchev–Trinajstić information content (AvgIpc) is 2.18. The van der Waals surface area contributed by atoms with Crippen molar-refractivity contribution in [2.24, 2.45) is 0 Å². The van der Waals surface area contributed by atoms with Gasteiger partial charge in [0, 0.05) is 0 Å². The van der Waals surface area contributed by atoms with Crippen LogP contribution >= 0.6 is 17.9 Å². The molecule has 0 amide bonds. The van der Waals surface area contributed by atoms with Crippen molar-refractivity contribution in [2.45, 2.75) is 11.4 Å². The molecule has 84 valence electrons. The van der Waals surface area contributed by atoms with Crippen LogP contribution in [0.15, 0.2) is 30.3 Å². The number of esters is 1. The fourth-order valence-corrected chi connectivity index (χ4v) is 6.77. The number of carbonyl (C=O) groups excluding carboxylic acids is 1. The molecule has 0 aliphatic heterocycles. The fraction of sp³-hybridized carbons (Fsp3) is 0.300. The van der Waals surface area contributed by atoms with Crippen LogP contribution in [0.1, 0.15) is 6.92 Å². The minimum atomic E-state index is -3.26. The Morgan fingerprint density at radius 1 is 1.33 bits per heavy atom. The zero-order valence-electron chi connectivity index (χ0n) is 8.28. The van der Waals surface area contributed by atoms with Crippen LogP contribution in [0.2, 0.25) is 4.47 Å². The van der Waals surface area contributed by atoms with Crippen LogP contribution in [0.5, 0.6) is 0 Å². The van der Waals surface area contributed by atoms with Crippen LogP contribution < -0.4 is 3.61 Å². The first kappa shape index (κ1) is 13.1. The van der Waals surface area contributed by atoms with E-state index in [1.165, 1.54) is 0 Å². The van der Waals surface area contributed by atoms with Crippen LogP contribution in [-0.2, 0) is 9.53 Å². The third-order valence-electron chi connectivity index (χ3n) is 1.69. The Morgan fingerprint density at radius 2 is 1.93 bits per heavy atom. The van der Waals surface area contributed by atoms with E-state index in [9.17, 15) is 4.79 Å². The summed E-state index contributed by atoms with van der Waals surface area (Å²) in [6, 6.07) is 9.35. The van der Waals surface area contributed by atoms with E-state index >= 15 is 0 Å². The minimum absolute atomic E-state index is 0.142. The molecule has 0 N–H and O–H groups in total. The zero-order valence-corrected chi connectivity index (χ0v) is 12.1. The quantitative estimate of drug-likeness (QED) is 0.607. The van der Waals surface area contributed by atoms with Gasteiger partial charge in [0.25, 0.3) is 0 Å². The first-order valence-corrected chi connectivity index (χ1v) is 13.2. The number of ether oxygens (including phenoxy) is 1. The normalized spacial score (nSPS) is 12.2. The molecule has 5 heteroatoms. The van der Waals surface area contributed by atoms with E-state index in [2.05, 4.69) is 0 Å². The number of rotatable bonds is 4. The molecular formula is C10H12Cl2O2Te. The summed E-state index contributed by atoms with van der Waals surface area (Å²) in [5, 5.41) is 0. The summed E-state index contributed by atoms with van der Waals surface area (Å²) in [6.07, 6.45) is 0. The predicted molar refractivity (Wildman–Crippen MR) is 65.0 cm³/mol. The molecule has 2 nitrogen and oxygen atoms in total. The second kappa shape index (κ2) is 5.96. The molecule has 0 aliphatic rings. The van der Waals surface area contributed by atoms with E-state index in [4.69, 9.17) is 22.7 Å². The van der Waals surface area contributed by atoms with Crippen LogP contribution in [0.4, 0.5) is 0 Å². The van der Waals surface area contributed by atoms with Crippen molar-refractivity contribution in [2.75, 3.05) is 6.61 Å². The van der Waals surface area contributed by atoms with Crippen molar-refractivity contribution >= 4 is 43.4 Å². The second-order valence-corrected chi connectivity index (χ2v) is 16.4. The molecule has 0 heterocycles. The standard InChI is InChI=1S/C10H12Cl2O2Te/c1-2-14-10(13)8-15(11,12)9-6-4-3-5-7-9/h3-7H,2,8H2,1H3. The molecule has 0 radical (unpaired) electrons. The molecule has 0 spiro atoms. The van der Waals surface area contributed by atoms with Crippen LogP contribution in [0.25, 0.3) is 0 Å². The topological polar surface area (TPSA) is 26.3 Å². The SMILES string of the molecule is CCOC(=O)C[Te](Cl)(Cl)c1ccccc1. The van der Waals surface area contributed by atoms with Gasteiger partial charge in [-0.2, -0.15) is 0 Å². The van der Waals surface area contributed by atoms with Gasteiger partial charge in [-0.05, 0) is 0 Å². The molecule has 15 heavy (non-hydrogen) atoms. The van der Waals surface area contributed by atoms with Gasteiger partial charge >= 0.3 is 101 Å². The van der Waals surface area contributed by atoms with Gasteiger partial charge in [-0.3, -0.25) is 0 Å². The van der Waals surface area contributed by atoms with Gasteiger partial charge in [0.05, 0.1) is 0 Å². The van der Waals surface area contributed by atoms with Crippen molar-refractivity contribution in [1.29, 1.82) is 0 Å². The number of hydrogen-bond donors (Lipinski definition) is 0. The maximum atomic E-state index is 11.3. The summed E-state index contributed by atoms with van der Waals surface area (Å²) in [6.45, 7) is 2.12. The van der Waals surface area contributed by atoms with E-state index in [0.717, 1.165) is 3.61 Å². The first-order valence-electron chi connectivity index (χ1n) is 4.47. The molecule has 0 fully saturated rings. The van der Waals surface area contributed by atoms with E-state index in [-0.39, 0.29) is 10.4 Å². The maximum absolute atomic E-state index is 11.3. The Balaban J connectivity index is 2.71. The van der Waals surface area contributed by atoms with Crippen molar-refractivity contribution in [3.8, 4) is 0 Å². The summed E-state index contributed by atoms with van der Waals surface area (Å²) < 4.78 is 5.87. The Kier molecular flexibility index (Phi) is 5.21. The van der Waals surface area contributed by atoms with E-state index in [1.807, 2.05) is 30.3 Å². The summed E-state index contributed by atoms with van der Waals surface area (Å²) in [4.78, 5) is 11.3. The van der Waals surface area contributed by atoms with Crippen LogP contribution in [0, 0.1) is 0 Å². The van der Waals surface area contributed by atoms with Gasteiger partial charge in [-0.15, -0.1) is 0 Å². The zero-order chi connectivity index (χ0) is 11.3. The van der Waals surface area contributed by atoms with Crippen molar-refractivity contribution in [3.05, 3.63) is 30.3 Å². The summed E-state index contributed by atoms with van der Waals surface area (Å²) in [5.41, 5.74) is 0. The second-order valence-electron chi connectivity index (χ2n) is 2.84. The van der Waals surface area contributed by atoms with Crippen molar-refractivity contribution < 1.29 is 9.53 Å². The molecule has 0 saturated carbocycles. The van der Waals surface area contributed by atoms with Gasteiger partial charge in [-0.1, -0.05) is 0 Å². The molecule has 0 aliphatic carbocycles. The molecule has 1 aromatic rings. The third-order valence-corrected chi connectivity index (χ3v) is 10.00. The van der Waals surface area contributed by atoms with E-state index in [0.29, 0.717) is 6.61 Å². The summed E-state index contributed by atoms with van der Waals surface area (Å²) in [7, 11) is 12.5. The molecule has 0 aromatic heterocycles. The number of halogens is 2. The first-order chi connectivity index (χ1) is 7.06. The van der Waals surface area contributed by atoms with Crippen molar-refractivity contribution in [3.63, 3.8) is 0 Å². The Bertz CT molecular complexity index is 327. The molecule has 1 rings (SSSR count). The van der Waals surface area contributed by atoms with Crippen LogP contribution in [0.3, 0.4) is 0 Å². The van der Waals surface area contributed by atoms with Crippen molar-refractivity contribution in [1.82, 2.24) is 0 Å². The number of benzene rings is 1. The summed E-state index contributed by atoms with van der Waals surface area (Å²) in [5.74, 6) is -0.312. The predicted octanol–water partition coefficient (Wildman–Crippen LogP) is 2.38. The molecule has 0 bridgehead atoms. The fourth-order valence-electron chi connectivity index (χ4n) is 1.05. The molecule has 0 saturated heterocycles. The molecule has 0 unspecified atom stereocenters. The van der Waals surface area contributed by atoms with Gasteiger partial charge in [0.2, 0.25) is 0 Å². The third kappa shape index (κ3) is 4.20. The number of hydrogen-bond acceptors (Lipinski definition) is 2. The Hall–Kier alpha value is 0.0596. The Morgan fingerprint density at radius 3 is 2.47 bits per heavy atom. The van der Waals surface area contributed by atoms with Gasteiger partial charge in [0.15, 0.2) is 0 Å². The van der Waals surface area contributed by atoms with E-state index < -0.39 is 15.9 Å². The van der Waals surface area contributed by atoms with Gasteiger partial charge in [0.1, 0.15) is 0 Å².